The van der Waals surface area contributed by atoms with Crippen molar-refractivity contribution in [1.29, 1.82) is 0 Å². The van der Waals surface area contributed by atoms with Gasteiger partial charge in [0.25, 0.3) is 0 Å². The Bertz CT molecular complexity index is 684. The molecule has 0 fully saturated rings. The third-order valence-electron chi connectivity index (χ3n) is 3.31. The molecule has 0 unspecified atom stereocenters. The van der Waals surface area contributed by atoms with Gasteiger partial charge in [-0.05, 0) is 35.7 Å². The topological polar surface area (TPSA) is 58.2 Å². The highest BCUT2D eigenvalue weighted by atomic mass is 19.1. The van der Waals surface area contributed by atoms with E-state index in [0.29, 0.717) is 24.2 Å². The lowest BCUT2D eigenvalue weighted by atomic mass is 10.1. The first-order valence-electron chi connectivity index (χ1n) is 7.41. The van der Waals surface area contributed by atoms with Crippen LogP contribution in [0.2, 0.25) is 0 Å². The van der Waals surface area contributed by atoms with E-state index >= 15 is 0 Å². The van der Waals surface area contributed by atoms with Crippen molar-refractivity contribution in [2.24, 2.45) is 0 Å². The lowest BCUT2D eigenvalue weighted by Crippen LogP contribution is -2.27. The molecule has 0 aliphatic carbocycles. The summed E-state index contributed by atoms with van der Waals surface area (Å²) in [6, 6.07) is 13.6. The first-order valence-corrected chi connectivity index (χ1v) is 7.41. The number of hydrogen-bond acceptors (Lipinski definition) is 2. The molecular formula is C18H19FN2O2. The molecule has 0 spiro atoms. The van der Waals surface area contributed by atoms with Crippen molar-refractivity contribution in [3.63, 3.8) is 0 Å². The Morgan fingerprint density at radius 3 is 2.39 bits per heavy atom. The molecule has 0 saturated heterocycles. The lowest BCUT2D eigenvalue weighted by molar-refractivity contribution is -0.120. The highest BCUT2D eigenvalue weighted by molar-refractivity contribution is 5.88. The van der Waals surface area contributed by atoms with Gasteiger partial charge in [0.05, 0.1) is 6.42 Å². The molecule has 0 aromatic heterocycles. The molecule has 2 aromatic rings. The molecule has 23 heavy (non-hydrogen) atoms. The average Bonchev–Trinajstić information content (AvgIpc) is 2.51. The van der Waals surface area contributed by atoms with Crippen molar-refractivity contribution in [3.8, 4) is 0 Å². The first-order chi connectivity index (χ1) is 11.0. The second kappa shape index (κ2) is 8.08. The van der Waals surface area contributed by atoms with Gasteiger partial charge >= 0.3 is 0 Å². The first kappa shape index (κ1) is 16.7. The molecular weight excluding hydrogens is 295 g/mol. The van der Waals surface area contributed by atoms with E-state index in [1.165, 1.54) is 13.0 Å². The van der Waals surface area contributed by atoms with Crippen LogP contribution >= 0.6 is 0 Å². The zero-order valence-electron chi connectivity index (χ0n) is 12.9. The van der Waals surface area contributed by atoms with Gasteiger partial charge in [0.1, 0.15) is 5.82 Å². The summed E-state index contributed by atoms with van der Waals surface area (Å²) in [7, 11) is 0. The number of amides is 2. The Morgan fingerprint density at radius 1 is 1.04 bits per heavy atom. The summed E-state index contributed by atoms with van der Waals surface area (Å²) in [5, 5.41) is 5.45. The summed E-state index contributed by atoms with van der Waals surface area (Å²) in [6.45, 7) is 1.83. The van der Waals surface area contributed by atoms with Crippen molar-refractivity contribution in [3.05, 3.63) is 65.5 Å². The van der Waals surface area contributed by atoms with E-state index in [9.17, 15) is 14.0 Å². The summed E-state index contributed by atoms with van der Waals surface area (Å²) in [4.78, 5) is 22.8. The Kier molecular flexibility index (Phi) is 5.86. The molecule has 2 aromatic carbocycles. The van der Waals surface area contributed by atoms with Gasteiger partial charge in [-0.1, -0.05) is 30.3 Å². The summed E-state index contributed by atoms with van der Waals surface area (Å²) in [5.74, 6) is -0.507. The number of rotatable bonds is 6. The molecule has 2 amide bonds. The molecule has 5 heteroatoms. The summed E-state index contributed by atoms with van der Waals surface area (Å²) < 4.78 is 13.4. The predicted octanol–water partition coefficient (Wildman–Crippen LogP) is 2.69. The van der Waals surface area contributed by atoms with Crippen LogP contribution in [0.4, 0.5) is 10.1 Å². The molecule has 0 heterocycles. The Hall–Kier alpha value is -2.69. The highest BCUT2D eigenvalue weighted by Crippen LogP contribution is 2.10. The monoisotopic (exact) mass is 314 g/mol. The smallest absolute Gasteiger partial charge is 0.224 e. The molecule has 0 aliphatic rings. The summed E-state index contributed by atoms with van der Waals surface area (Å²) >= 11 is 0. The Labute approximate surface area is 134 Å². The predicted molar refractivity (Wildman–Crippen MR) is 87.6 cm³/mol. The van der Waals surface area contributed by atoms with Gasteiger partial charge in [0, 0.05) is 19.2 Å². The van der Waals surface area contributed by atoms with Crippen LogP contribution in [0, 0.1) is 5.82 Å². The third-order valence-corrected chi connectivity index (χ3v) is 3.31. The van der Waals surface area contributed by atoms with Gasteiger partial charge in [-0.25, -0.2) is 4.39 Å². The number of halogens is 1. The van der Waals surface area contributed by atoms with E-state index in [2.05, 4.69) is 10.6 Å². The molecule has 0 saturated carbocycles. The second-order valence-electron chi connectivity index (χ2n) is 5.25. The van der Waals surface area contributed by atoms with E-state index in [1.54, 1.807) is 42.5 Å². The number of carbonyl (C=O) groups is 2. The van der Waals surface area contributed by atoms with Crippen LogP contribution in [0.1, 0.15) is 18.1 Å². The van der Waals surface area contributed by atoms with E-state index in [-0.39, 0.29) is 24.1 Å². The number of nitrogens with one attached hydrogen (secondary N) is 2. The minimum atomic E-state index is -0.254. The van der Waals surface area contributed by atoms with Crippen LogP contribution in [0.25, 0.3) is 0 Å². The van der Waals surface area contributed by atoms with Crippen molar-refractivity contribution in [2.75, 3.05) is 11.9 Å². The van der Waals surface area contributed by atoms with Crippen LogP contribution in [0.15, 0.2) is 48.5 Å². The lowest BCUT2D eigenvalue weighted by Gasteiger charge is -2.07. The molecule has 120 valence electrons. The molecule has 0 aliphatic heterocycles. The SMILES string of the molecule is CC(=O)Nc1ccc(CC(=O)NCCc2ccccc2F)cc1. The third kappa shape index (κ3) is 5.54. The fourth-order valence-corrected chi connectivity index (χ4v) is 2.19. The summed E-state index contributed by atoms with van der Waals surface area (Å²) in [5.41, 5.74) is 2.14. The maximum Gasteiger partial charge on any atom is 0.224 e. The van der Waals surface area contributed by atoms with E-state index in [4.69, 9.17) is 0 Å². The minimum Gasteiger partial charge on any atom is -0.355 e. The largest absolute Gasteiger partial charge is 0.355 e. The standard InChI is InChI=1S/C18H19FN2O2/c1-13(22)21-16-8-6-14(7-9-16)12-18(23)20-11-10-15-4-2-3-5-17(15)19/h2-9H,10-12H2,1H3,(H,20,23)(H,21,22). The normalized spacial score (nSPS) is 10.2. The number of benzene rings is 2. The van der Waals surface area contributed by atoms with Crippen LogP contribution in [-0.4, -0.2) is 18.4 Å². The van der Waals surface area contributed by atoms with Crippen LogP contribution in [0.5, 0.6) is 0 Å². The Morgan fingerprint density at radius 2 is 1.74 bits per heavy atom. The van der Waals surface area contributed by atoms with Gasteiger partial charge in [-0.15, -0.1) is 0 Å². The number of carbonyl (C=O) groups excluding carboxylic acids is 2. The quantitative estimate of drug-likeness (QED) is 0.861. The molecule has 4 nitrogen and oxygen atoms in total. The van der Waals surface area contributed by atoms with Crippen LogP contribution in [-0.2, 0) is 22.4 Å². The molecule has 2 rings (SSSR count). The maximum atomic E-state index is 13.4. The Balaban J connectivity index is 1.78. The molecule has 0 bridgehead atoms. The second-order valence-corrected chi connectivity index (χ2v) is 5.25. The van der Waals surface area contributed by atoms with Crippen molar-refractivity contribution in [2.45, 2.75) is 19.8 Å². The zero-order valence-corrected chi connectivity index (χ0v) is 12.9. The van der Waals surface area contributed by atoms with E-state index < -0.39 is 0 Å². The summed E-state index contributed by atoms with van der Waals surface area (Å²) in [6.07, 6.45) is 0.706. The van der Waals surface area contributed by atoms with Gasteiger partial charge in [0.15, 0.2) is 0 Å². The molecule has 2 N–H and O–H groups in total. The van der Waals surface area contributed by atoms with Crippen molar-refractivity contribution in [1.82, 2.24) is 5.32 Å². The zero-order chi connectivity index (χ0) is 16.7. The number of anilines is 1. The van der Waals surface area contributed by atoms with E-state index in [1.807, 2.05) is 0 Å². The van der Waals surface area contributed by atoms with Gasteiger partial charge in [-0.3, -0.25) is 9.59 Å². The van der Waals surface area contributed by atoms with Crippen LogP contribution < -0.4 is 10.6 Å². The van der Waals surface area contributed by atoms with Gasteiger partial charge in [-0.2, -0.15) is 0 Å². The average molecular weight is 314 g/mol. The fraction of sp³-hybridized carbons (Fsp3) is 0.222. The van der Waals surface area contributed by atoms with Crippen molar-refractivity contribution >= 4 is 17.5 Å². The minimum absolute atomic E-state index is 0.117. The highest BCUT2D eigenvalue weighted by Gasteiger charge is 2.05. The van der Waals surface area contributed by atoms with Crippen LogP contribution in [0.3, 0.4) is 0 Å². The van der Waals surface area contributed by atoms with E-state index in [0.717, 1.165) is 5.56 Å². The maximum absolute atomic E-state index is 13.4. The molecule has 0 atom stereocenters. The molecule has 0 radical (unpaired) electrons. The fourth-order valence-electron chi connectivity index (χ4n) is 2.19. The van der Waals surface area contributed by atoms with Crippen molar-refractivity contribution < 1.29 is 14.0 Å². The van der Waals surface area contributed by atoms with Gasteiger partial charge in [0.2, 0.25) is 11.8 Å². The van der Waals surface area contributed by atoms with Gasteiger partial charge < -0.3 is 10.6 Å². The number of hydrogen-bond donors (Lipinski definition) is 2.